The maximum absolute atomic E-state index is 13.6. The summed E-state index contributed by atoms with van der Waals surface area (Å²) < 4.78 is 0. The second-order valence-electron chi connectivity index (χ2n) is 16.7. The number of hydrogen-bond donors (Lipinski definition) is 5. The van der Waals surface area contributed by atoms with Crippen LogP contribution in [0.5, 0.6) is 0 Å². The fourth-order valence-electron chi connectivity index (χ4n) is 8.40. The van der Waals surface area contributed by atoms with E-state index in [1.807, 2.05) is 35.2 Å². The zero-order valence-electron chi connectivity index (χ0n) is 36.7. The van der Waals surface area contributed by atoms with Crippen molar-refractivity contribution >= 4 is 52.4 Å². The summed E-state index contributed by atoms with van der Waals surface area (Å²) in [6, 6.07) is 14.5. The molecule has 0 atom stereocenters. The number of amides is 4. The van der Waals surface area contributed by atoms with Gasteiger partial charge < -0.3 is 35.8 Å². The Morgan fingerprint density at radius 2 is 1.00 bits per heavy atom. The van der Waals surface area contributed by atoms with E-state index in [1.165, 1.54) is 0 Å². The number of carboxylic acid groups (broad SMARTS) is 3. The smallest absolute Gasteiger partial charge is 0.317 e. The molecule has 3 fully saturated rings. The summed E-state index contributed by atoms with van der Waals surface area (Å²) in [6.45, 7) is 6.61. The molecule has 0 bridgehead atoms. The summed E-state index contributed by atoms with van der Waals surface area (Å²) in [5.74, 6) is -3.75. The van der Waals surface area contributed by atoms with E-state index < -0.39 is 17.9 Å². The highest BCUT2D eigenvalue weighted by atomic mass is 16.4. The third kappa shape index (κ3) is 14.7. The Morgan fingerprint density at radius 1 is 0.508 bits per heavy atom. The Bertz CT molecular complexity index is 2130. The van der Waals surface area contributed by atoms with Crippen LogP contribution < -0.4 is 10.6 Å². The van der Waals surface area contributed by atoms with Crippen LogP contribution in [-0.4, -0.2) is 234 Å². The highest BCUT2D eigenvalue weighted by Gasteiger charge is 2.26. The van der Waals surface area contributed by atoms with E-state index in [-0.39, 0.29) is 56.4 Å². The molecule has 2 aromatic carbocycles. The van der Waals surface area contributed by atoms with Crippen molar-refractivity contribution in [2.24, 2.45) is 0 Å². The van der Waals surface area contributed by atoms with Gasteiger partial charge in [-0.15, -0.1) is 0 Å². The van der Waals surface area contributed by atoms with Crippen molar-refractivity contribution in [3.8, 4) is 11.1 Å². The number of carboxylic acids is 3. The lowest BCUT2D eigenvalue weighted by Gasteiger charge is -2.37. The summed E-state index contributed by atoms with van der Waals surface area (Å²) in [5.41, 5.74) is 3.31. The van der Waals surface area contributed by atoms with Crippen LogP contribution in [0.3, 0.4) is 0 Å². The largest absolute Gasteiger partial charge is 0.480 e. The highest BCUT2D eigenvalue weighted by Crippen LogP contribution is 2.26. The third-order valence-corrected chi connectivity index (χ3v) is 12.1. The molecule has 3 saturated heterocycles. The molecular formula is C45H60N10O10. The average Bonchev–Trinajstić information content (AvgIpc) is 3.84. The molecule has 20 heteroatoms. The number of benzene rings is 2. The van der Waals surface area contributed by atoms with Gasteiger partial charge in [0.15, 0.2) is 0 Å². The second-order valence-corrected chi connectivity index (χ2v) is 16.7. The normalized spacial score (nSPS) is 17.8. The maximum atomic E-state index is 13.6. The number of hydrogen-bond acceptors (Lipinski definition) is 13. The highest BCUT2D eigenvalue weighted by molar-refractivity contribution is 6.07. The molecule has 4 heterocycles. The van der Waals surface area contributed by atoms with Crippen molar-refractivity contribution < 1.29 is 48.9 Å². The summed E-state index contributed by atoms with van der Waals surface area (Å²) >= 11 is 0. The van der Waals surface area contributed by atoms with Gasteiger partial charge in [0, 0.05) is 122 Å². The Morgan fingerprint density at radius 3 is 1.54 bits per heavy atom. The lowest BCUT2D eigenvalue weighted by Crippen LogP contribution is -2.53. The van der Waals surface area contributed by atoms with Crippen LogP contribution >= 0.6 is 0 Å². The Labute approximate surface area is 377 Å². The second kappa shape index (κ2) is 23.7. The summed E-state index contributed by atoms with van der Waals surface area (Å²) in [6.07, 6.45) is 3.54. The van der Waals surface area contributed by atoms with E-state index in [4.69, 9.17) is 0 Å². The van der Waals surface area contributed by atoms with Crippen molar-refractivity contribution in [1.29, 1.82) is 0 Å². The molecule has 3 aromatic rings. The molecular weight excluding hydrogens is 841 g/mol. The van der Waals surface area contributed by atoms with Crippen LogP contribution in [0.1, 0.15) is 33.6 Å². The lowest BCUT2D eigenvalue weighted by molar-refractivity contribution is -0.141. The first-order valence-electron chi connectivity index (χ1n) is 22.2. The predicted molar refractivity (Wildman–Crippen MR) is 239 cm³/mol. The molecule has 350 valence electrons. The number of likely N-dealkylation sites (tertiary alicyclic amines) is 1. The van der Waals surface area contributed by atoms with E-state index >= 15 is 0 Å². The van der Waals surface area contributed by atoms with Gasteiger partial charge in [-0.2, -0.15) is 0 Å². The third-order valence-electron chi connectivity index (χ3n) is 12.1. The Kier molecular flexibility index (Phi) is 17.7. The van der Waals surface area contributed by atoms with E-state index in [0.717, 1.165) is 37.1 Å². The molecule has 5 N–H and O–H groups in total. The minimum atomic E-state index is -1.02. The monoisotopic (exact) mass is 900 g/mol. The minimum Gasteiger partial charge on any atom is -0.480 e. The van der Waals surface area contributed by atoms with Crippen LogP contribution in [0.25, 0.3) is 22.0 Å². The number of nitrogens with zero attached hydrogens (tertiary/aromatic N) is 8. The van der Waals surface area contributed by atoms with Crippen molar-refractivity contribution in [3.63, 3.8) is 0 Å². The van der Waals surface area contributed by atoms with E-state index in [2.05, 4.69) is 20.5 Å². The van der Waals surface area contributed by atoms with Crippen LogP contribution in [0.4, 0.5) is 0 Å². The molecule has 65 heavy (non-hydrogen) atoms. The topological polar surface area (TPSA) is 240 Å². The molecule has 4 amide bonds. The van der Waals surface area contributed by atoms with Crippen LogP contribution in [0, 0.1) is 0 Å². The predicted octanol–water partition coefficient (Wildman–Crippen LogP) is -0.397. The van der Waals surface area contributed by atoms with Crippen LogP contribution in [0.2, 0.25) is 0 Å². The summed E-state index contributed by atoms with van der Waals surface area (Å²) in [4.78, 5) is 104. The standard InChI is InChI=1S/C45H60N10O10/c56-39(54-12-1-2-13-54)28-48-45(65)37-9-10-46-38-27-35(7-8-36(37)38)33-3-5-34(6-4-33)44(64)47-11-14-49-23-25-55(26-24-49)40(57)29-50-15-17-51(30-41(58)59)19-21-53(32-43(62)63)22-20-52(18-16-50)31-42(60)61/h3-10,27H,1-2,11-26,28-32H2,(H,47,64)(H,48,65)(H,58,59)(H,60,61)(H,62,63). The number of rotatable bonds is 16. The molecule has 0 radical (unpaired) electrons. The van der Waals surface area contributed by atoms with Gasteiger partial charge in [0.2, 0.25) is 11.8 Å². The summed E-state index contributed by atoms with van der Waals surface area (Å²) in [7, 11) is 0. The van der Waals surface area contributed by atoms with Crippen LogP contribution in [0.15, 0.2) is 54.7 Å². The molecule has 6 rings (SSSR count). The van der Waals surface area contributed by atoms with E-state index in [9.17, 15) is 48.9 Å². The molecule has 0 saturated carbocycles. The number of nitrogens with one attached hydrogen (secondary N) is 2. The van der Waals surface area contributed by atoms with Crippen molar-refractivity contribution in [2.45, 2.75) is 12.8 Å². The molecule has 0 unspecified atom stereocenters. The Balaban J connectivity index is 0.949. The lowest BCUT2D eigenvalue weighted by atomic mass is 10.00. The number of carbonyl (C=O) groups is 7. The van der Waals surface area contributed by atoms with Gasteiger partial charge in [0.1, 0.15) is 0 Å². The van der Waals surface area contributed by atoms with E-state index in [0.29, 0.717) is 114 Å². The SMILES string of the molecule is O=C(O)CN1CCN(CC(=O)O)CCN(CC(=O)N2CCN(CCNC(=O)c3ccc(-c4ccc5c(C(=O)NCC(=O)N6CCCC6)ccnc5c4)cc3)CC2)CCN(CC(=O)O)CC1. The zero-order chi connectivity index (χ0) is 46.3. The van der Waals surface area contributed by atoms with Crippen LogP contribution in [-0.2, 0) is 24.0 Å². The first-order chi connectivity index (χ1) is 31.3. The van der Waals surface area contributed by atoms with Gasteiger partial charge in [-0.25, -0.2) is 0 Å². The molecule has 20 nitrogen and oxygen atoms in total. The first-order valence-corrected chi connectivity index (χ1v) is 22.2. The number of carbonyl (C=O) groups excluding carboxylic acids is 4. The quantitative estimate of drug-likeness (QED) is 0.123. The van der Waals surface area contributed by atoms with Gasteiger partial charge in [0.25, 0.3) is 11.8 Å². The number of aliphatic carboxylic acids is 3. The van der Waals surface area contributed by atoms with Gasteiger partial charge in [-0.05, 0) is 48.2 Å². The first kappa shape index (κ1) is 48.4. The molecule has 0 spiro atoms. The molecule has 3 aliphatic rings. The fraction of sp³-hybridized carbons (Fsp3) is 0.511. The number of piperazine rings is 1. The Hall–Kier alpha value is -6.06. The van der Waals surface area contributed by atoms with Crippen molar-refractivity contribution in [2.75, 3.05) is 137 Å². The van der Waals surface area contributed by atoms with Gasteiger partial charge in [-0.3, -0.25) is 63.0 Å². The van der Waals surface area contributed by atoms with Gasteiger partial charge >= 0.3 is 17.9 Å². The minimum absolute atomic E-state index is 0.0512. The van der Waals surface area contributed by atoms with Crippen molar-refractivity contribution in [3.05, 3.63) is 65.9 Å². The molecule has 3 aliphatic heterocycles. The molecule has 1 aromatic heterocycles. The van der Waals surface area contributed by atoms with Gasteiger partial charge in [-0.1, -0.05) is 24.3 Å². The number of fused-ring (bicyclic) bond motifs is 1. The van der Waals surface area contributed by atoms with E-state index in [1.54, 1.807) is 48.9 Å². The fourth-order valence-corrected chi connectivity index (χ4v) is 8.40. The molecule has 0 aliphatic carbocycles. The maximum Gasteiger partial charge on any atom is 0.317 e. The summed E-state index contributed by atoms with van der Waals surface area (Å²) in [5, 5.41) is 34.8. The number of aromatic nitrogens is 1. The zero-order valence-corrected chi connectivity index (χ0v) is 36.7. The number of pyridine rings is 1. The van der Waals surface area contributed by atoms with Crippen molar-refractivity contribution in [1.82, 2.24) is 49.9 Å². The average molecular weight is 901 g/mol. The van der Waals surface area contributed by atoms with Gasteiger partial charge in [0.05, 0.1) is 43.8 Å².